The number of ether oxygens (including phenoxy) is 1. The topological polar surface area (TPSA) is 87.3 Å². The summed E-state index contributed by atoms with van der Waals surface area (Å²) < 4.78 is 9.43. The van der Waals surface area contributed by atoms with E-state index in [2.05, 4.69) is 9.40 Å². The number of pyridine rings is 1. The smallest absolute Gasteiger partial charge is 0.307 e. The van der Waals surface area contributed by atoms with E-state index in [1.807, 2.05) is 24.4 Å². The van der Waals surface area contributed by atoms with Crippen LogP contribution in [-0.4, -0.2) is 56.4 Å². The molecule has 1 saturated heterocycles. The first kappa shape index (κ1) is 19.8. The largest absolute Gasteiger partial charge is 0.508 e. The van der Waals surface area contributed by atoms with Crippen molar-refractivity contribution in [2.45, 2.75) is 30.3 Å². The molecule has 0 amide bonds. The predicted octanol–water partition coefficient (Wildman–Crippen LogP) is 3.45. The summed E-state index contributed by atoms with van der Waals surface area (Å²) in [5.41, 5.74) is 3.40. The van der Waals surface area contributed by atoms with E-state index in [0.717, 1.165) is 47.5 Å². The van der Waals surface area contributed by atoms with Gasteiger partial charge in [0.05, 0.1) is 24.2 Å². The molecule has 0 unspecified atom stereocenters. The predicted molar refractivity (Wildman–Crippen MR) is 111 cm³/mol. The number of methoxy groups -OCH3 is 1. The molecule has 1 aliphatic heterocycles. The Kier molecular flexibility index (Phi) is 5.75. The van der Waals surface area contributed by atoms with E-state index in [1.165, 1.54) is 0 Å². The van der Waals surface area contributed by atoms with Crippen LogP contribution in [0.3, 0.4) is 0 Å². The number of aromatic nitrogens is 2. The normalized spacial score (nSPS) is 15.8. The number of rotatable bonds is 6. The fraction of sp³-hybridized carbons (Fsp3) is 0.333. The Labute approximate surface area is 173 Å². The molecule has 29 heavy (non-hydrogen) atoms. The number of phenols is 1. The Morgan fingerprint density at radius 3 is 2.79 bits per heavy atom. The molecule has 0 radical (unpaired) electrons. The summed E-state index contributed by atoms with van der Waals surface area (Å²) in [5, 5.41) is 23.4. The van der Waals surface area contributed by atoms with Crippen molar-refractivity contribution >= 4 is 23.4 Å². The molecular formula is C21H23N3O4S. The van der Waals surface area contributed by atoms with Crippen LogP contribution in [0.15, 0.2) is 47.6 Å². The molecule has 0 saturated carbocycles. The quantitative estimate of drug-likeness (QED) is 0.599. The molecule has 8 heteroatoms. The first-order valence-electron chi connectivity index (χ1n) is 9.50. The molecule has 0 aliphatic carbocycles. The highest BCUT2D eigenvalue weighted by Crippen LogP contribution is 2.37. The Balaban J connectivity index is 1.65. The maximum absolute atomic E-state index is 11.1. The molecule has 0 atom stereocenters. The van der Waals surface area contributed by atoms with Gasteiger partial charge in [-0.25, -0.2) is 8.82 Å². The second-order valence-corrected chi connectivity index (χ2v) is 8.26. The number of piperidine rings is 1. The molecule has 3 heterocycles. The van der Waals surface area contributed by atoms with E-state index in [1.54, 1.807) is 41.9 Å². The van der Waals surface area contributed by atoms with Gasteiger partial charge in [-0.15, -0.1) is 0 Å². The van der Waals surface area contributed by atoms with E-state index in [-0.39, 0.29) is 12.2 Å². The minimum atomic E-state index is -0.884. The number of carbonyl (C=O) groups is 1. The lowest BCUT2D eigenvalue weighted by Crippen LogP contribution is -2.32. The maximum atomic E-state index is 11.1. The molecule has 152 valence electrons. The van der Waals surface area contributed by atoms with Crippen molar-refractivity contribution in [1.82, 2.24) is 13.9 Å². The number of phenolic OH excluding ortho intramolecular Hbond substituents is 1. The molecule has 1 aromatic carbocycles. The Morgan fingerprint density at radius 1 is 1.28 bits per heavy atom. The maximum Gasteiger partial charge on any atom is 0.307 e. The van der Waals surface area contributed by atoms with Gasteiger partial charge in [-0.05, 0) is 66.2 Å². The third kappa shape index (κ3) is 4.39. The molecule has 2 aromatic heterocycles. The molecule has 2 N–H and O–H groups in total. The molecule has 7 nitrogen and oxygen atoms in total. The van der Waals surface area contributed by atoms with Crippen LogP contribution in [0.2, 0.25) is 0 Å². The summed E-state index contributed by atoms with van der Waals surface area (Å²) in [6.07, 6.45) is 5.64. The SMILES string of the molecule is COC1CCN(Sc2cc(O)ccc2-c2ccn3ncc(CC(=O)O)c3c2)CC1. The van der Waals surface area contributed by atoms with Crippen LogP contribution >= 0.6 is 11.9 Å². The summed E-state index contributed by atoms with van der Waals surface area (Å²) >= 11 is 1.64. The number of aromatic hydroxyl groups is 1. The number of carboxylic acid groups (broad SMARTS) is 1. The summed E-state index contributed by atoms with van der Waals surface area (Å²) in [7, 11) is 1.76. The van der Waals surface area contributed by atoms with Gasteiger partial charge in [-0.3, -0.25) is 4.79 Å². The third-order valence-electron chi connectivity index (χ3n) is 5.18. The summed E-state index contributed by atoms with van der Waals surface area (Å²) in [4.78, 5) is 12.1. The third-order valence-corrected chi connectivity index (χ3v) is 6.34. The minimum absolute atomic E-state index is 0.0709. The van der Waals surface area contributed by atoms with E-state index < -0.39 is 5.97 Å². The van der Waals surface area contributed by atoms with Crippen LogP contribution in [0.25, 0.3) is 16.6 Å². The average Bonchev–Trinajstić information content (AvgIpc) is 3.10. The van der Waals surface area contributed by atoms with Crippen LogP contribution in [-0.2, 0) is 16.0 Å². The number of benzene rings is 1. The molecule has 0 spiro atoms. The lowest BCUT2D eigenvalue weighted by molar-refractivity contribution is -0.136. The number of fused-ring (bicyclic) bond motifs is 1. The monoisotopic (exact) mass is 413 g/mol. The van der Waals surface area contributed by atoms with Crippen molar-refractivity contribution < 1.29 is 19.7 Å². The van der Waals surface area contributed by atoms with E-state index in [9.17, 15) is 9.90 Å². The van der Waals surface area contributed by atoms with Crippen LogP contribution < -0.4 is 0 Å². The van der Waals surface area contributed by atoms with Gasteiger partial charge in [-0.1, -0.05) is 0 Å². The van der Waals surface area contributed by atoms with Crippen LogP contribution in [0.4, 0.5) is 0 Å². The van der Waals surface area contributed by atoms with Crippen molar-refractivity contribution in [3.63, 3.8) is 0 Å². The number of carboxylic acids is 1. The summed E-state index contributed by atoms with van der Waals surface area (Å²) in [6, 6.07) is 9.27. The zero-order chi connectivity index (χ0) is 20.4. The van der Waals surface area contributed by atoms with Gasteiger partial charge >= 0.3 is 5.97 Å². The highest BCUT2D eigenvalue weighted by molar-refractivity contribution is 7.97. The standard InChI is InChI=1S/C21H23N3O4S/c1-28-17-5-7-23(8-6-17)29-20-12-16(25)2-3-18(20)14-4-9-24-19(10-14)15(13-22-24)11-21(26)27/h2-4,9-10,12-13,17,25H,5-8,11H2,1H3,(H,26,27). The Bertz CT molecular complexity index is 1030. The van der Waals surface area contributed by atoms with Gasteiger partial charge in [0.2, 0.25) is 0 Å². The Morgan fingerprint density at radius 2 is 2.07 bits per heavy atom. The number of hydrogen-bond donors (Lipinski definition) is 2. The molecule has 1 fully saturated rings. The van der Waals surface area contributed by atoms with E-state index >= 15 is 0 Å². The van der Waals surface area contributed by atoms with Gasteiger partial charge in [-0.2, -0.15) is 5.10 Å². The lowest BCUT2D eigenvalue weighted by atomic mass is 10.0. The number of hydrogen-bond acceptors (Lipinski definition) is 6. The molecule has 3 aromatic rings. The van der Waals surface area contributed by atoms with Gasteiger partial charge in [0, 0.05) is 36.9 Å². The second kappa shape index (κ2) is 8.44. The van der Waals surface area contributed by atoms with Crippen molar-refractivity contribution in [2.24, 2.45) is 0 Å². The van der Waals surface area contributed by atoms with Crippen LogP contribution in [0.1, 0.15) is 18.4 Å². The van der Waals surface area contributed by atoms with Gasteiger partial charge < -0.3 is 14.9 Å². The molecular weight excluding hydrogens is 390 g/mol. The molecule has 1 aliphatic rings. The van der Waals surface area contributed by atoms with Gasteiger partial charge in [0.1, 0.15) is 5.75 Å². The second-order valence-electron chi connectivity index (χ2n) is 7.12. The van der Waals surface area contributed by atoms with E-state index in [4.69, 9.17) is 9.84 Å². The van der Waals surface area contributed by atoms with Crippen molar-refractivity contribution in [2.75, 3.05) is 20.2 Å². The zero-order valence-electron chi connectivity index (χ0n) is 16.1. The molecule has 0 bridgehead atoms. The molecule has 4 rings (SSSR count). The highest BCUT2D eigenvalue weighted by Gasteiger charge is 2.21. The Hall–Kier alpha value is -2.55. The van der Waals surface area contributed by atoms with Gasteiger partial charge in [0.15, 0.2) is 0 Å². The van der Waals surface area contributed by atoms with E-state index in [0.29, 0.717) is 11.7 Å². The lowest BCUT2D eigenvalue weighted by Gasteiger charge is -2.30. The number of nitrogens with zero attached hydrogens (tertiary/aromatic N) is 3. The minimum Gasteiger partial charge on any atom is -0.508 e. The number of aliphatic carboxylic acids is 1. The summed E-state index contributed by atoms with van der Waals surface area (Å²) in [5.74, 6) is -0.661. The zero-order valence-corrected chi connectivity index (χ0v) is 16.9. The fourth-order valence-corrected chi connectivity index (χ4v) is 4.75. The summed E-state index contributed by atoms with van der Waals surface area (Å²) in [6.45, 7) is 1.84. The fourth-order valence-electron chi connectivity index (χ4n) is 3.62. The van der Waals surface area contributed by atoms with Crippen LogP contribution in [0, 0.1) is 0 Å². The van der Waals surface area contributed by atoms with Crippen molar-refractivity contribution in [1.29, 1.82) is 0 Å². The first-order chi connectivity index (χ1) is 14.0. The van der Waals surface area contributed by atoms with Crippen molar-refractivity contribution in [3.8, 4) is 16.9 Å². The van der Waals surface area contributed by atoms with Crippen LogP contribution in [0.5, 0.6) is 5.75 Å². The van der Waals surface area contributed by atoms with Gasteiger partial charge in [0.25, 0.3) is 0 Å². The highest BCUT2D eigenvalue weighted by atomic mass is 32.2. The average molecular weight is 413 g/mol. The first-order valence-corrected chi connectivity index (χ1v) is 10.3. The van der Waals surface area contributed by atoms with Crippen molar-refractivity contribution in [3.05, 3.63) is 48.3 Å².